The van der Waals surface area contributed by atoms with Crippen molar-refractivity contribution in [1.29, 1.82) is 0 Å². The van der Waals surface area contributed by atoms with E-state index in [0.29, 0.717) is 12.0 Å². The van der Waals surface area contributed by atoms with Gasteiger partial charge in [0.15, 0.2) is 0 Å². The molecule has 1 heterocycles. The van der Waals surface area contributed by atoms with Crippen LogP contribution in [0.25, 0.3) is 10.8 Å². The highest BCUT2D eigenvalue weighted by molar-refractivity contribution is 5.83. The zero-order valence-electron chi connectivity index (χ0n) is 9.52. The zero-order valence-corrected chi connectivity index (χ0v) is 9.52. The summed E-state index contributed by atoms with van der Waals surface area (Å²) in [6.07, 6.45) is 1.56. The summed E-state index contributed by atoms with van der Waals surface area (Å²) in [6, 6.07) is 15.3. The topological polar surface area (TPSA) is 9.23 Å². The largest absolute Gasteiger partial charge is 0.378 e. The molecule has 0 radical (unpaired) electrons. The van der Waals surface area contributed by atoms with E-state index in [9.17, 15) is 0 Å². The van der Waals surface area contributed by atoms with Gasteiger partial charge in [-0.2, -0.15) is 0 Å². The Balaban J connectivity index is 1.99. The van der Waals surface area contributed by atoms with Crippen LogP contribution in [-0.4, -0.2) is 12.7 Å². The molecule has 0 amide bonds. The summed E-state index contributed by atoms with van der Waals surface area (Å²) in [6.45, 7) is 3.03. The van der Waals surface area contributed by atoms with E-state index >= 15 is 0 Å². The SMILES string of the molecule is C[C@H]1C[C@@H](c2ccc3ccccc3c2)CO1. The fraction of sp³-hybridized carbons (Fsp3) is 0.333. The molecule has 1 fully saturated rings. The number of hydrogen-bond donors (Lipinski definition) is 0. The first kappa shape index (κ1) is 9.86. The summed E-state index contributed by atoms with van der Waals surface area (Å²) < 4.78 is 5.63. The van der Waals surface area contributed by atoms with Crippen LogP contribution in [0.5, 0.6) is 0 Å². The summed E-state index contributed by atoms with van der Waals surface area (Å²) in [7, 11) is 0. The Kier molecular flexibility index (Phi) is 2.41. The Hall–Kier alpha value is -1.34. The van der Waals surface area contributed by atoms with Crippen LogP contribution >= 0.6 is 0 Å². The average molecular weight is 212 g/mol. The second-order valence-corrected chi connectivity index (χ2v) is 4.68. The van der Waals surface area contributed by atoms with Gasteiger partial charge in [-0.15, -0.1) is 0 Å². The summed E-state index contributed by atoms with van der Waals surface area (Å²) in [5.41, 5.74) is 1.42. The van der Waals surface area contributed by atoms with Gasteiger partial charge in [-0.1, -0.05) is 42.5 Å². The molecule has 16 heavy (non-hydrogen) atoms. The van der Waals surface area contributed by atoms with Gasteiger partial charge in [0.25, 0.3) is 0 Å². The molecule has 3 rings (SSSR count). The quantitative estimate of drug-likeness (QED) is 0.699. The molecule has 0 bridgehead atoms. The standard InChI is InChI=1S/C15H16O/c1-11-8-15(10-16-11)14-7-6-12-4-2-3-5-13(12)9-14/h2-7,9,11,15H,8,10H2,1H3/t11-,15+/m0/s1. The molecule has 0 aromatic heterocycles. The lowest BCUT2D eigenvalue weighted by atomic mass is 9.94. The molecule has 0 saturated carbocycles. The van der Waals surface area contributed by atoms with Crippen molar-refractivity contribution >= 4 is 10.8 Å². The van der Waals surface area contributed by atoms with Crippen molar-refractivity contribution in [3.8, 4) is 0 Å². The van der Waals surface area contributed by atoms with Gasteiger partial charge >= 0.3 is 0 Å². The minimum absolute atomic E-state index is 0.413. The van der Waals surface area contributed by atoms with Crippen molar-refractivity contribution in [2.75, 3.05) is 6.61 Å². The Morgan fingerprint density at radius 1 is 1.06 bits per heavy atom. The third-order valence-corrected chi connectivity index (χ3v) is 3.44. The summed E-state index contributed by atoms with van der Waals surface area (Å²) >= 11 is 0. The van der Waals surface area contributed by atoms with Gasteiger partial charge in [0.1, 0.15) is 0 Å². The van der Waals surface area contributed by atoms with Crippen LogP contribution in [0, 0.1) is 0 Å². The monoisotopic (exact) mass is 212 g/mol. The third kappa shape index (κ3) is 1.72. The average Bonchev–Trinajstić information content (AvgIpc) is 2.75. The summed E-state index contributed by atoms with van der Waals surface area (Å²) in [5.74, 6) is 0.583. The van der Waals surface area contributed by atoms with E-state index in [-0.39, 0.29) is 0 Å². The first-order valence-corrected chi connectivity index (χ1v) is 5.93. The molecule has 2 atom stereocenters. The molecule has 2 aromatic rings. The van der Waals surface area contributed by atoms with E-state index < -0.39 is 0 Å². The highest BCUT2D eigenvalue weighted by Crippen LogP contribution is 2.30. The van der Waals surface area contributed by atoms with E-state index in [0.717, 1.165) is 13.0 Å². The van der Waals surface area contributed by atoms with Crippen molar-refractivity contribution in [1.82, 2.24) is 0 Å². The zero-order chi connectivity index (χ0) is 11.0. The molecule has 82 valence electrons. The lowest BCUT2D eigenvalue weighted by Crippen LogP contribution is -1.97. The van der Waals surface area contributed by atoms with E-state index in [1.54, 1.807) is 0 Å². The van der Waals surface area contributed by atoms with Gasteiger partial charge in [-0.25, -0.2) is 0 Å². The molecule has 0 spiro atoms. The van der Waals surface area contributed by atoms with E-state index in [1.165, 1.54) is 16.3 Å². The number of ether oxygens (including phenoxy) is 1. The first-order valence-electron chi connectivity index (χ1n) is 5.93. The van der Waals surface area contributed by atoms with Crippen molar-refractivity contribution < 1.29 is 4.74 Å². The molecule has 1 aliphatic heterocycles. The molecule has 0 aliphatic carbocycles. The molecule has 1 nitrogen and oxygen atoms in total. The van der Waals surface area contributed by atoms with Crippen LogP contribution in [0.3, 0.4) is 0 Å². The maximum atomic E-state index is 5.63. The maximum absolute atomic E-state index is 5.63. The predicted molar refractivity (Wildman–Crippen MR) is 66.7 cm³/mol. The molecule has 1 saturated heterocycles. The Morgan fingerprint density at radius 3 is 2.62 bits per heavy atom. The maximum Gasteiger partial charge on any atom is 0.0554 e. The van der Waals surface area contributed by atoms with Gasteiger partial charge in [0.05, 0.1) is 12.7 Å². The van der Waals surface area contributed by atoms with Gasteiger partial charge < -0.3 is 4.74 Å². The van der Waals surface area contributed by atoms with E-state index in [1.807, 2.05) is 0 Å². The van der Waals surface area contributed by atoms with Crippen LogP contribution in [0.1, 0.15) is 24.8 Å². The summed E-state index contributed by atoms with van der Waals surface area (Å²) in [4.78, 5) is 0. The Bertz CT molecular complexity index is 504. The van der Waals surface area contributed by atoms with Gasteiger partial charge in [-0.05, 0) is 29.7 Å². The minimum atomic E-state index is 0.413. The van der Waals surface area contributed by atoms with E-state index in [4.69, 9.17) is 4.74 Å². The highest BCUT2D eigenvalue weighted by Gasteiger charge is 2.23. The normalized spacial score (nSPS) is 25.1. The lowest BCUT2D eigenvalue weighted by Gasteiger charge is -2.09. The van der Waals surface area contributed by atoms with Crippen LogP contribution in [0.2, 0.25) is 0 Å². The molecule has 0 N–H and O–H groups in total. The predicted octanol–water partition coefficient (Wildman–Crippen LogP) is 3.73. The van der Waals surface area contributed by atoms with Gasteiger partial charge in [0, 0.05) is 5.92 Å². The Labute approximate surface area is 96.0 Å². The van der Waals surface area contributed by atoms with Crippen LogP contribution in [-0.2, 0) is 4.74 Å². The third-order valence-electron chi connectivity index (χ3n) is 3.44. The number of fused-ring (bicyclic) bond motifs is 1. The highest BCUT2D eigenvalue weighted by atomic mass is 16.5. The lowest BCUT2D eigenvalue weighted by molar-refractivity contribution is 0.123. The first-order chi connectivity index (χ1) is 7.83. The molecule has 1 heteroatoms. The van der Waals surface area contributed by atoms with Crippen LogP contribution in [0.15, 0.2) is 42.5 Å². The van der Waals surface area contributed by atoms with E-state index in [2.05, 4.69) is 49.4 Å². The number of rotatable bonds is 1. The Morgan fingerprint density at radius 2 is 1.88 bits per heavy atom. The molecule has 0 unspecified atom stereocenters. The van der Waals surface area contributed by atoms with Gasteiger partial charge in [-0.3, -0.25) is 0 Å². The number of benzene rings is 2. The number of hydrogen-bond acceptors (Lipinski definition) is 1. The summed E-state index contributed by atoms with van der Waals surface area (Å²) in [5, 5.41) is 2.65. The molecular formula is C15H16O. The van der Waals surface area contributed by atoms with Crippen molar-refractivity contribution in [3.63, 3.8) is 0 Å². The molecular weight excluding hydrogens is 196 g/mol. The second-order valence-electron chi connectivity index (χ2n) is 4.68. The van der Waals surface area contributed by atoms with Crippen molar-refractivity contribution in [3.05, 3.63) is 48.0 Å². The fourth-order valence-electron chi connectivity index (χ4n) is 2.51. The van der Waals surface area contributed by atoms with Crippen molar-refractivity contribution in [2.45, 2.75) is 25.4 Å². The minimum Gasteiger partial charge on any atom is -0.378 e. The molecule has 1 aliphatic rings. The van der Waals surface area contributed by atoms with Crippen LogP contribution in [0.4, 0.5) is 0 Å². The van der Waals surface area contributed by atoms with Crippen LogP contribution < -0.4 is 0 Å². The molecule has 2 aromatic carbocycles. The van der Waals surface area contributed by atoms with Crippen molar-refractivity contribution in [2.24, 2.45) is 0 Å². The van der Waals surface area contributed by atoms with Gasteiger partial charge in [0.2, 0.25) is 0 Å². The second kappa shape index (κ2) is 3.91. The smallest absolute Gasteiger partial charge is 0.0554 e. The fourth-order valence-corrected chi connectivity index (χ4v) is 2.51.